The van der Waals surface area contributed by atoms with E-state index in [-0.39, 0.29) is 68.1 Å². The normalized spacial score (nSPS) is 19.9. The van der Waals surface area contributed by atoms with Gasteiger partial charge in [0, 0.05) is 17.6 Å². The van der Waals surface area contributed by atoms with Gasteiger partial charge in [-0.25, -0.2) is 0 Å². The van der Waals surface area contributed by atoms with E-state index in [9.17, 15) is 4.79 Å². The molecule has 1 aromatic rings. The number of amides is 1. The van der Waals surface area contributed by atoms with Crippen LogP contribution in [0.5, 0.6) is 0 Å². The van der Waals surface area contributed by atoms with Gasteiger partial charge in [-0.3, -0.25) is 4.79 Å². The summed E-state index contributed by atoms with van der Waals surface area (Å²) in [5, 5.41) is 10.6. The second-order valence-electron chi connectivity index (χ2n) is 11.1. The van der Waals surface area contributed by atoms with Gasteiger partial charge in [0.2, 0.25) is 5.91 Å². The molecule has 0 saturated heterocycles. The van der Waals surface area contributed by atoms with E-state index in [1.54, 1.807) is 7.05 Å². The summed E-state index contributed by atoms with van der Waals surface area (Å²) in [6, 6.07) is 8.20. The average molecular weight is 530 g/mol. The Bertz CT molecular complexity index is 974. The zero-order valence-electron chi connectivity index (χ0n) is 24.7. The van der Waals surface area contributed by atoms with Crippen molar-refractivity contribution in [1.29, 1.82) is 0 Å². The van der Waals surface area contributed by atoms with Crippen LogP contribution in [0.2, 0.25) is 0 Å². The second-order valence-corrected chi connectivity index (χ2v) is 11.1. The monoisotopic (exact) mass is 529 g/mol. The van der Waals surface area contributed by atoms with Crippen LogP contribution in [0.1, 0.15) is 79.2 Å². The zero-order chi connectivity index (χ0) is 26.6. The van der Waals surface area contributed by atoms with Crippen molar-refractivity contribution in [1.82, 2.24) is 5.32 Å². The van der Waals surface area contributed by atoms with Crippen molar-refractivity contribution in [2.75, 3.05) is 18.9 Å². The van der Waals surface area contributed by atoms with Crippen LogP contribution in [0.25, 0.3) is 5.32 Å². The third-order valence-corrected chi connectivity index (χ3v) is 6.95. The average Bonchev–Trinajstić information content (AvgIpc) is 3.01. The summed E-state index contributed by atoms with van der Waals surface area (Å²) < 4.78 is 0. The number of hydrogen-bond donors (Lipinski definition) is 2. The molecule has 1 unspecified atom stereocenters. The van der Waals surface area contributed by atoms with Gasteiger partial charge in [0.15, 0.2) is 0 Å². The number of hydrogen-bond acceptors (Lipinski definition) is 2. The summed E-state index contributed by atoms with van der Waals surface area (Å²) in [7, 11) is 1.80. The molecule has 0 spiro atoms. The van der Waals surface area contributed by atoms with E-state index in [1.807, 2.05) is 18.3 Å². The van der Waals surface area contributed by atoms with Crippen LogP contribution in [0, 0.1) is 16.7 Å². The van der Waals surface area contributed by atoms with Crippen molar-refractivity contribution >= 4 is 11.6 Å². The molecule has 0 bridgehead atoms. The number of allylic oxidation sites excluding steroid dienone is 5. The van der Waals surface area contributed by atoms with Gasteiger partial charge in [-0.2, -0.15) is 6.20 Å². The molecule has 1 amide bonds. The summed E-state index contributed by atoms with van der Waals surface area (Å²) in [6.45, 7) is 14.0. The molecule has 2 aliphatic rings. The summed E-state index contributed by atoms with van der Waals surface area (Å²) in [6.07, 6.45) is 18.9. The van der Waals surface area contributed by atoms with Gasteiger partial charge in [-0.05, 0) is 60.9 Å². The minimum Gasteiger partial charge on any atom is -0.692 e. The maximum atomic E-state index is 12.6. The first kappa shape index (κ1) is 33.9. The first-order chi connectivity index (χ1) is 17.1. The van der Waals surface area contributed by atoms with Gasteiger partial charge >= 0.3 is 51.4 Å². The maximum absolute atomic E-state index is 12.6. The van der Waals surface area contributed by atoms with Crippen molar-refractivity contribution in [3.8, 4) is 0 Å². The molecule has 0 aromatic heterocycles. The van der Waals surface area contributed by atoms with Crippen LogP contribution < -0.4 is 62.0 Å². The Kier molecular flexibility index (Phi) is 15.4. The molecule has 3 rings (SSSR count). The largest absolute Gasteiger partial charge is 1.00 e. The Morgan fingerprint density at radius 1 is 1.16 bits per heavy atom. The number of nitrogens with one attached hydrogen (secondary N) is 2. The molecule has 1 aromatic carbocycles. The molecule has 1 atom stereocenters. The smallest absolute Gasteiger partial charge is 0.692 e. The van der Waals surface area contributed by atoms with E-state index < -0.39 is 0 Å². The third kappa shape index (κ3) is 11.3. The van der Waals surface area contributed by atoms with Gasteiger partial charge in [-0.15, -0.1) is 7.05 Å². The SMILES string of the molecule is CC/C(=C\[N-]C)NCC1=CC=CC(C)(C)C=C1.CCCC1(CCC(C)C)Cc2ccccc2NC1=O.[K+]. The topological polar surface area (TPSA) is 55.2 Å². The van der Waals surface area contributed by atoms with Crippen molar-refractivity contribution in [3.63, 3.8) is 0 Å². The molecule has 1 heterocycles. The number of carbonyl (C=O) groups is 1. The fourth-order valence-electron chi connectivity index (χ4n) is 4.67. The van der Waals surface area contributed by atoms with Gasteiger partial charge in [0.1, 0.15) is 0 Å². The van der Waals surface area contributed by atoms with Gasteiger partial charge in [0.25, 0.3) is 0 Å². The second kappa shape index (κ2) is 16.8. The summed E-state index contributed by atoms with van der Waals surface area (Å²) >= 11 is 0. The molecule has 0 fully saturated rings. The van der Waals surface area contributed by atoms with E-state index in [1.165, 1.54) is 16.8 Å². The molecule has 0 saturated carbocycles. The van der Waals surface area contributed by atoms with Gasteiger partial charge in [0.05, 0.1) is 5.41 Å². The molecule has 4 nitrogen and oxygen atoms in total. The van der Waals surface area contributed by atoms with Crippen LogP contribution in [0.3, 0.4) is 0 Å². The van der Waals surface area contributed by atoms with Crippen LogP contribution in [-0.4, -0.2) is 19.5 Å². The quantitative estimate of drug-likeness (QED) is 0.403. The van der Waals surface area contributed by atoms with E-state index >= 15 is 0 Å². The molecule has 37 heavy (non-hydrogen) atoms. The fraction of sp³-hybridized carbons (Fsp3) is 0.531. The van der Waals surface area contributed by atoms with Crippen LogP contribution in [-0.2, 0) is 11.2 Å². The van der Waals surface area contributed by atoms with Crippen molar-refractivity contribution in [3.05, 3.63) is 83.0 Å². The number of para-hydroxylation sites is 1. The molecule has 2 N–H and O–H groups in total. The van der Waals surface area contributed by atoms with Gasteiger partial charge < -0.3 is 16.0 Å². The number of carbonyl (C=O) groups excluding carboxylic acids is 1. The molecule has 198 valence electrons. The molecule has 1 aliphatic heterocycles. The first-order valence-corrected chi connectivity index (χ1v) is 13.6. The Morgan fingerprint density at radius 2 is 1.89 bits per heavy atom. The number of rotatable bonds is 10. The Labute approximate surface area is 269 Å². The Hall–Kier alpha value is -1.11. The van der Waals surface area contributed by atoms with E-state index in [4.69, 9.17) is 0 Å². The Morgan fingerprint density at radius 3 is 2.54 bits per heavy atom. The van der Waals surface area contributed by atoms with Crippen LogP contribution >= 0.6 is 0 Å². The third-order valence-electron chi connectivity index (χ3n) is 6.95. The molecular weight excluding hydrogens is 481 g/mol. The van der Waals surface area contributed by atoms with Crippen molar-refractivity contribution in [2.45, 2.75) is 80.1 Å². The van der Waals surface area contributed by atoms with Crippen molar-refractivity contribution < 1.29 is 56.2 Å². The number of anilines is 1. The van der Waals surface area contributed by atoms with Crippen molar-refractivity contribution in [2.24, 2.45) is 16.7 Å². The molecule has 1 aliphatic carbocycles. The first-order valence-electron chi connectivity index (χ1n) is 13.6. The number of fused-ring (bicyclic) bond motifs is 1. The molecule has 0 radical (unpaired) electrons. The van der Waals surface area contributed by atoms with E-state index in [0.29, 0.717) is 5.92 Å². The number of benzene rings is 1. The van der Waals surface area contributed by atoms with Gasteiger partial charge in [-0.1, -0.05) is 96.5 Å². The van der Waals surface area contributed by atoms with E-state index in [0.717, 1.165) is 50.8 Å². The standard InChI is InChI=1S/C17H25NO.C15H23N2.K/c1-4-10-17(11-9-13(2)3)12-14-7-5-6-8-15(14)18-16(17)19;1-5-14(12-16-4)17-11-13-7-6-9-15(2,3)10-8-13;/h5-8,13H,4,9-12H2,1-3H3,(H,18,19);6-10,12,17H,5,11H2,1-4H3;/q;-1;+1/b;14-12+;. The zero-order valence-corrected chi connectivity index (χ0v) is 27.8. The minimum absolute atomic E-state index is 0. The van der Waals surface area contributed by atoms with Crippen LogP contribution in [0.15, 0.2) is 72.1 Å². The van der Waals surface area contributed by atoms with E-state index in [2.05, 4.69) is 100 Å². The maximum Gasteiger partial charge on any atom is 1.00 e. The summed E-state index contributed by atoms with van der Waals surface area (Å²) in [5.74, 6) is 0.882. The Balaban J connectivity index is 0.000000363. The molecule has 5 heteroatoms. The molecular formula is C32H48KN3O. The number of nitrogens with zero attached hydrogens (tertiary/aromatic N) is 1. The summed E-state index contributed by atoms with van der Waals surface area (Å²) in [5.41, 5.74) is 4.73. The predicted molar refractivity (Wildman–Crippen MR) is 156 cm³/mol. The predicted octanol–water partition coefficient (Wildman–Crippen LogP) is 5.32. The fourth-order valence-corrected chi connectivity index (χ4v) is 4.67. The summed E-state index contributed by atoms with van der Waals surface area (Å²) in [4.78, 5) is 12.6. The van der Waals surface area contributed by atoms with Crippen LogP contribution in [0.4, 0.5) is 5.69 Å². The minimum atomic E-state index is -0.187.